The van der Waals surface area contributed by atoms with Crippen molar-refractivity contribution < 1.29 is 17.6 Å². The molecular formula is C18H16ClN3O4S. The first-order valence-corrected chi connectivity index (χ1v) is 10.5. The summed E-state index contributed by atoms with van der Waals surface area (Å²) in [6.45, 7) is 0. The fourth-order valence-electron chi connectivity index (χ4n) is 3.06. The molecule has 0 unspecified atom stereocenters. The number of benzene rings is 1. The van der Waals surface area contributed by atoms with E-state index in [0.717, 1.165) is 0 Å². The minimum atomic E-state index is -3.08. The molecule has 0 saturated carbocycles. The molecule has 1 atom stereocenters. The third-order valence-electron chi connectivity index (χ3n) is 4.34. The summed E-state index contributed by atoms with van der Waals surface area (Å²) in [5, 5.41) is 7.68. The second kappa shape index (κ2) is 6.86. The van der Waals surface area contributed by atoms with Crippen molar-refractivity contribution in [1.82, 2.24) is 15.1 Å². The smallest absolute Gasteiger partial charge is 0.272 e. The van der Waals surface area contributed by atoms with Crippen LogP contribution in [0, 0.1) is 0 Å². The fourth-order valence-corrected chi connectivity index (χ4v) is 4.92. The van der Waals surface area contributed by atoms with Crippen molar-refractivity contribution in [2.75, 3.05) is 11.5 Å². The van der Waals surface area contributed by atoms with Gasteiger partial charge >= 0.3 is 0 Å². The van der Waals surface area contributed by atoms with Crippen LogP contribution in [-0.2, 0) is 9.84 Å². The SMILES string of the molecule is O=C(N[C@@H]1CCS(=O)(=O)C1)c1cc(-c2ccco2)n(-c2cccc(Cl)c2)n1. The molecule has 2 aromatic heterocycles. The number of carbonyl (C=O) groups is 1. The molecule has 0 bridgehead atoms. The number of amides is 1. The summed E-state index contributed by atoms with van der Waals surface area (Å²) in [4.78, 5) is 12.6. The van der Waals surface area contributed by atoms with E-state index in [1.165, 1.54) is 6.26 Å². The van der Waals surface area contributed by atoms with Gasteiger partial charge in [-0.3, -0.25) is 4.79 Å². The molecule has 3 heterocycles. The maximum absolute atomic E-state index is 12.6. The van der Waals surface area contributed by atoms with Gasteiger partial charge in [0.25, 0.3) is 5.91 Å². The standard InChI is InChI=1S/C18H16ClN3O4S/c19-12-3-1-4-14(9-12)22-16(17-5-2-7-26-17)10-15(21-22)18(23)20-13-6-8-27(24,25)11-13/h1-5,7,9-10,13H,6,8,11H2,(H,20,23)/t13-/m1/s1. The molecule has 7 nitrogen and oxygen atoms in total. The normalized spacial score (nSPS) is 18.5. The first kappa shape index (κ1) is 17.8. The van der Waals surface area contributed by atoms with E-state index in [-0.39, 0.29) is 17.2 Å². The number of aromatic nitrogens is 2. The van der Waals surface area contributed by atoms with Gasteiger partial charge in [-0.1, -0.05) is 17.7 Å². The number of halogens is 1. The number of sulfone groups is 1. The number of furan rings is 1. The highest BCUT2D eigenvalue weighted by Gasteiger charge is 2.30. The monoisotopic (exact) mass is 405 g/mol. The van der Waals surface area contributed by atoms with Gasteiger partial charge in [-0.25, -0.2) is 13.1 Å². The first-order valence-electron chi connectivity index (χ1n) is 8.32. The number of nitrogens with one attached hydrogen (secondary N) is 1. The van der Waals surface area contributed by atoms with Gasteiger partial charge in [0.1, 0.15) is 5.69 Å². The minimum absolute atomic E-state index is 0.0429. The first-order chi connectivity index (χ1) is 12.9. The lowest BCUT2D eigenvalue weighted by molar-refractivity contribution is 0.0935. The van der Waals surface area contributed by atoms with Crippen molar-refractivity contribution in [2.24, 2.45) is 0 Å². The summed E-state index contributed by atoms with van der Waals surface area (Å²) < 4.78 is 30.2. The summed E-state index contributed by atoms with van der Waals surface area (Å²) in [6.07, 6.45) is 1.95. The van der Waals surface area contributed by atoms with E-state index in [9.17, 15) is 13.2 Å². The van der Waals surface area contributed by atoms with Crippen molar-refractivity contribution in [1.29, 1.82) is 0 Å². The second-order valence-electron chi connectivity index (χ2n) is 6.36. The highest BCUT2D eigenvalue weighted by Crippen LogP contribution is 2.26. The largest absolute Gasteiger partial charge is 0.463 e. The minimum Gasteiger partial charge on any atom is -0.463 e. The maximum atomic E-state index is 12.6. The zero-order chi connectivity index (χ0) is 19.0. The third kappa shape index (κ3) is 3.77. The Kier molecular flexibility index (Phi) is 4.53. The van der Waals surface area contributed by atoms with Crippen LogP contribution in [0.4, 0.5) is 0 Å². The highest BCUT2D eigenvalue weighted by molar-refractivity contribution is 7.91. The molecule has 0 radical (unpaired) electrons. The molecular weight excluding hydrogens is 390 g/mol. The quantitative estimate of drug-likeness (QED) is 0.720. The van der Waals surface area contributed by atoms with Gasteiger partial charge in [0.2, 0.25) is 0 Å². The summed E-state index contributed by atoms with van der Waals surface area (Å²) in [5.41, 5.74) is 1.44. The Morgan fingerprint density at radius 1 is 1.26 bits per heavy atom. The van der Waals surface area contributed by atoms with E-state index >= 15 is 0 Å². The lowest BCUT2D eigenvalue weighted by Gasteiger charge is -2.09. The lowest BCUT2D eigenvalue weighted by atomic mass is 10.2. The Morgan fingerprint density at radius 3 is 2.78 bits per heavy atom. The zero-order valence-corrected chi connectivity index (χ0v) is 15.7. The summed E-state index contributed by atoms with van der Waals surface area (Å²) in [6, 6.07) is 11.8. The number of rotatable bonds is 4. The van der Waals surface area contributed by atoms with Gasteiger partial charge in [-0.15, -0.1) is 0 Å². The number of hydrogen-bond acceptors (Lipinski definition) is 5. The summed E-state index contributed by atoms with van der Waals surface area (Å²) >= 11 is 6.08. The van der Waals surface area contributed by atoms with Gasteiger partial charge < -0.3 is 9.73 Å². The van der Waals surface area contributed by atoms with Crippen LogP contribution >= 0.6 is 11.6 Å². The van der Waals surface area contributed by atoms with Crippen LogP contribution < -0.4 is 5.32 Å². The van der Waals surface area contributed by atoms with E-state index < -0.39 is 21.8 Å². The van der Waals surface area contributed by atoms with Crippen molar-refractivity contribution >= 4 is 27.3 Å². The van der Waals surface area contributed by atoms with E-state index in [1.807, 2.05) is 6.07 Å². The predicted molar refractivity (Wildman–Crippen MR) is 101 cm³/mol. The van der Waals surface area contributed by atoms with Crippen molar-refractivity contribution in [3.05, 3.63) is 59.4 Å². The molecule has 1 aliphatic rings. The molecule has 27 heavy (non-hydrogen) atoms. The van der Waals surface area contributed by atoms with Crippen LogP contribution in [-0.4, -0.2) is 41.7 Å². The van der Waals surface area contributed by atoms with Crippen LogP contribution in [0.2, 0.25) is 5.02 Å². The van der Waals surface area contributed by atoms with E-state index in [0.29, 0.717) is 28.6 Å². The predicted octanol–water partition coefficient (Wildman–Crippen LogP) is 2.70. The van der Waals surface area contributed by atoms with Gasteiger partial charge in [0.05, 0.1) is 23.5 Å². The molecule has 0 aliphatic carbocycles. The van der Waals surface area contributed by atoms with Crippen LogP contribution in [0.5, 0.6) is 0 Å². The van der Waals surface area contributed by atoms with Crippen molar-refractivity contribution in [2.45, 2.75) is 12.5 Å². The van der Waals surface area contributed by atoms with E-state index in [4.69, 9.17) is 16.0 Å². The Morgan fingerprint density at radius 2 is 2.11 bits per heavy atom. The molecule has 1 aliphatic heterocycles. The fraction of sp³-hybridized carbons (Fsp3) is 0.222. The zero-order valence-electron chi connectivity index (χ0n) is 14.1. The molecule has 1 N–H and O–H groups in total. The summed E-state index contributed by atoms with van der Waals surface area (Å²) in [7, 11) is -3.08. The third-order valence-corrected chi connectivity index (χ3v) is 6.34. The Hall–Kier alpha value is -2.58. The number of hydrogen-bond donors (Lipinski definition) is 1. The van der Waals surface area contributed by atoms with Gasteiger partial charge in [-0.05, 0) is 36.8 Å². The van der Waals surface area contributed by atoms with Crippen LogP contribution in [0.1, 0.15) is 16.9 Å². The van der Waals surface area contributed by atoms with Gasteiger partial charge in [0.15, 0.2) is 21.3 Å². The molecule has 140 valence electrons. The van der Waals surface area contributed by atoms with Crippen LogP contribution in [0.15, 0.2) is 53.1 Å². The molecule has 1 amide bonds. The highest BCUT2D eigenvalue weighted by atomic mass is 35.5. The average Bonchev–Trinajstić information content (AvgIpc) is 3.33. The van der Waals surface area contributed by atoms with Crippen molar-refractivity contribution in [3.63, 3.8) is 0 Å². The molecule has 1 aromatic carbocycles. The molecule has 1 fully saturated rings. The number of carbonyl (C=O) groups excluding carboxylic acids is 1. The molecule has 1 saturated heterocycles. The van der Waals surface area contributed by atoms with Crippen molar-refractivity contribution in [3.8, 4) is 17.1 Å². The Labute approximate surface area is 160 Å². The molecule has 4 rings (SSSR count). The molecule has 0 spiro atoms. The lowest BCUT2D eigenvalue weighted by Crippen LogP contribution is -2.35. The average molecular weight is 406 g/mol. The van der Waals surface area contributed by atoms with E-state index in [2.05, 4.69) is 10.4 Å². The molecule has 3 aromatic rings. The summed E-state index contributed by atoms with van der Waals surface area (Å²) in [5.74, 6) is 0.168. The maximum Gasteiger partial charge on any atom is 0.272 e. The number of nitrogens with zero attached hydrogens (tertiary/aromatic N) is 2. The Bertz CT molecular complexity index is 1090. The van der Waals surface area contributed by atoms with Crippen LogP contribution in [0.25, 0.3) is 17.1 Å². The Balaban J connectivity index is 1.68. The van der Waals surface area contributed by atoms with Gasteiger partial charge in [-0.2, -0.15) is 5.10 Å². The second-order valence-corrected chi connectivity index (χ2v) is 9.02. The van der Waals surface area contributed by atoms with Crippen LogP contribution in [0.3, 0.4) is 0 Å². The topological polar surface area (TPSA) is 94.2 Å². The van der Waals surface area contributed by atoms with Gasteiger partial charge in [0, 0.05) is 17.1 Å². The van der Waals surface area contributed by atoms with E-state index in [1.54, 1.807) is 41.1 Å². The molecule has 9 heteroatoms.